The van der Waals surface area contributed by atoms with Crippen molar-refractivity contribution in [1.29, 1.82) is 0 Å². The van der Waals surface area contributed by atoms with Gasteiger partial charge in [-0.15, -0.1) is 11.3 Å². The summed E-state index contributed by atoms with van der Waals surface area (Å²) in [6.45, 7) is 10.6. The van der Waals surface area contributed by atoms with Gasteiger partial charge in [0.2, 0.25) is 0 Å². The monoisotopic (exact) mass is 260 g/mol. The minimum atomic E-state index is 0.247. The van der Waals surface area contributed by atoms with Gasteiger partial charge in [-0.3, -0.25) is 0 Å². The Kier molecular flexibility index (Phi) is 3.71. The predicted octanol–water partition coefficient (Wildman–Crippen LogP) is 4.55. The highest BCUT2D eigenvalue weighted by Gasteiger charge is 2.13. The van der Waals surface area contributed by atoms with Crippen LogP contribution in [-0.4, -0.2) is 4.98 Å². The van der Waals surface area contributed by atoms with Crippen LogP contribution in [0, 0.1) is 27.7 Å². The molecular formula is C15H20N2S. The van der Waals surface area contributed by atoms with Crippen LogP contribution in [-0.2, 0) is 0 Å². The van der Waals surface area contributed by atoms with Gasteiger partial charge in [-0.25, -0.2) is 4.98 Å². The van der Waals surface area contributed by atoms with Crippen LogP contribution >= 0.6 is 11.3 Å². The summed E-state index contributed by atoms with van der Waals surface area (Å²) >= 11 is 1.76. The molecule has 2 rings (SSSR count). The molecule has 0 aliphatic heterocycles. The number of aromatic nitrogens is 1. The first kappa shape index (κ1) is 13.1. The van der Waals surface area contributed by atoms with Crippen LogP contribution in [0.2, 0.25) is 0 Å². The summed E-state index contributed by atoms with van der Waals surface area (Å²) in [5.74, 6) is 0. The van der Waals surface area contributed by atoms with Gasteiger partial charge >= 0.3 is 0 Å². The molecule has 2 aromatic rings. The molecule has 2 nitrogen and oxygen atoms in total. The van der Waals surface area contributed by atoms with Gasteiger partial charge in [-0.05, 0) is 46.2 Å². The number of hydrogen-bond donors (Lipinski definition) is 1. The van der Waals surface area contributed by atoms with E-state index in [1.54, 1.807) is 11.3 Å². The average Bonchev–Trinajstić information content (AvgIpc) is 2.62. The molecule has 0 aliphatic rings. The summed E-state index contributed by atoms with van der Waals surface area (Å²) < 4.78 is 0. The molecule has 0 aliphatic carbocycles. The average molecular weight is 260 g/mol. The van der Waals surface area contributed by atoms with Gasteiger partial charge in [0.05, 0.1) is 16.7 Å². The van der Waals surface area contributed by atoms with Gasteiger partial charge in [-0.1, -0.05) is 17.7 Å². The van der Waals surface area contributed by atoms with Crippen molar-refractivity contribution in [1.82, 2.24) is 4.98 Å². The Hall–Kier alpha value is -1.35. The zero-order valence-corrected chi connectivity index (χ0v) is 12.5. The maximum atomic E-state index is 4.61. The van der Waals surface area contributed by atoms with E-state index in [-0.39, 0.29) is 6.04 Å². The van der Waals surface area contributed by atoms with E-state index in [1.165, 1.54) is 21.7 Å². The number of rotatable bonds is 3. The lowest BCUT2D eigenvalue weighted by Gasteiger charge is -2.16. The Morgan fingerprint density at radius 2 is 1.89 bits per heavy atom. The molecule has 18 heavy (non-hydrogen) atoms. The second-order valence-corrected chi connectivity index (χ2v) is 6.27. The summed E-state index contributed by atoms with van der Waals surface area (Å²) in [5, 5.41) is 4.69. The minimum absolute atomic E-state index is 0.247. The molecule has 1 unspecified atom stereocenters. The molecule has 0 amide bonds. The van der Waals surface area contributed by atoms with Crippen molar-refractivity contribution in [3.63, 3.8) is 0 Å². The molecule has 1 heterocycles. The fourth-order valence-corrected chi connectivity index (χ4v) is 3.14. The fourth-order valence-electron chi connectivity index (χ4n) is 2.22. The van der Waals surface area contributed by atoms with Gasteiger partial charge < -0.3 is 5.32 Å². The molecule has 0 saturated heterocycles. The van der Waals surface area contributed by atoms with Crippen LogP contribution in [0.1, 0.15) is 39.7 Å². The third-order valence-corrected chi connectivity index (χ3v) is 4.01. The van der Waals surface area contributed by atoms with Crippen molar-refractivity contribution in [2.24, 2.45) is 0 Å². The highest BCUT2D eigenvalue weighted by atomic mass is 32.1. The SMILES string of the molecule is Cc1ccc(NC(C)c2nc(C)sc2C)c(C)c1. The van der Waals surface area contributed by atoms with Crippen molar-refractivity contribution >= 4 is 17.0 Å². The molecule has 1 N–H and O–H groups in total. The van der Waals surface area contributed by atoms with Crippen molar-refractivity contribution < 1.29 is 0 Å². The lowest BCUT2D eigenvalue weighted by molar-refractivity contribution is 0.835. The first-order chi connectivity index (χ1) is 8.47. The number of nitrogens with one attached hydrogen (secondary N) is 1. The molecular weight excluding hydrogens is 240 g/mol. The van der Waals surface area contributed by atoms with E-state index in [9.17, 15) is 0 Å². The fraction of sp³-hybridized carbons (Fsp3) is 0.400. The summed E-state index contributed by atoms with van der Waals surface area (Å²) in [7, 11) is 0. The quantitative estimate of drug-likeness (QED) is 0.875. The van der Waals surface area contributed by atoms with Crippen molar-refractivity contribution in [3.8, 4) is 0 Å². The number of anilines is 1. The summed E-state index contributed by atoms with van der Waals surface area (Å²) in [5.41, 5.74) is 4.94. The van der Waals surface area contributed by atoms with Crippen LogP contribution in [0.4, 0.5) is 5.69 Å². The van der Waals surface area contributed by atoms with Crippen molar-refractivity contribution in [3.05, 3.63) is 44.9 Å². The number of hydrogen-bond acceptors (Lipinski definition) is 3. The highest BCUT2D eigenvalue weighted by Crippen LogP contribution is 2.27. The normalized spacial score (nSPS) is 12.5. The minimum Gasteiger partial charge on any atom is -0.377 e. The summed E-state index contributed by atoms with van der Waals surface area (Å²) in [4.78, 5) is 5.91. The van der Waals surface area contributed by atoms with Gasteiger partial charge in [0.25, 0.3) is 0 Å². The highest BCUT2D eigenvalue weighted by molar-refractivity contribution is 7.11. The molecule has 96 valence electrons. The Morgan fingerprint density at radius 1 is 1.17 bits per heavy atom. The topological polar surface area (TPSA) is 24.9 Å². The van der Waals surface area contributed by atoms with Gasteiger partial charge in [0, 0.05) is 10.6 Å². The molecule has 0 radical (unpaired) electrons. The van der Waals surface area contributed by atoms with Gasteiger partial charge in [0.15, 0.2) is 0 Å². The Morgan fingerprint density at radius 3 is 2.44 bits per heavy atom. The van der Waals surface area contributed by atoms with Crippen molar-refractivity contribution in [2.45, 2.75) is 40.7 Å². The Bertz CT molecular complexity index is 558. The van der Waals surface area contributed by atoms with E-state index in [0.717, 1.165) is 10.7 Å². The smallest absolute Gasteiger partial charge is 0.0901 e. The Balaban J connectivity index is 2.21. The van der Waals surface area contributed by atoms with E-state index in [1.807, 2.05) is 0 Å². The number of aryl methyl sites for hydroxylation is 4. The number of benzene rings is 1. The predicted molar refractivity (Wildman–Crippen MR) is 79.5 cm³/mol. The number of thiazole rings is 1. The van der Waals surface area contributed by atoms with Crippen LogP contribution in [0.15, 0.2) is 18.2 Å². The molecule has 0 saturated carbocycles. The first-order valence-corrected chi connectivity index (χ1v) is 7.06. The van der Waals surface area contributed by atoms with Crippen LogP contribution in [0.25, 0.3) is 0 Å². The second-order valence-electron chi connectivity index (χ2n) is 4.86. The molecule has 1 aromatic heterocycles. The lowest BCUT2D eigenvalue weighted by Crippen LogP contribution is -2.09. The molecule has 0 fully saturated rings. The second kappa shape index (κ2) is 5.11. The molecule has 1 aromatic carbocycles. The maximum absolute atomic E-state index is 4.61. The van der Waals surface area contributed by atoms with Crippen LogP contribution in [0.3, 0.4) is 0 Å². The third-order valence-electron chi connectivity index (χ3n) is 3.10. The largest absolute Gasteiger partial charge is 0.377 e. The van der Waals surface area contributed by atoms with Crippen LogP contribution in [0.5, 0.6) is 0 Å². The standard InChI is InChI=1S/C15H20N2S/c1-9-6-7-14(10(2)8-9)16-11(3)15-12(4)18-13(5)17-15/h6-8,11,16H,1-5H3. The number of nitrogens with zero attached hydrogens (tertiary/aromatic N) is 1. The molecule has 0 spiro atoms. The van der Waals surface area contributed by atoms with Crippen LogP contribution < -0.4 is 5.32 Å². The van der Waals surface area contributed by atoms with E-state index in [4.69, 9.17) is 0 Å². The van der Waals surface area contributed by atoms with E-state index >= 15 is 0 Å². The van der Waals surface area contributed by atoms with E-state index < -0.39 is 0 Å². The molecule has 3 heteroatoms. The first-order valence-electron chi connectivity index (χ1n) is 6.25. The summed E-state index contributed by atoms with van der Waals surface area (Å²) in [6, 6.07) is 6.74. The van der Waals surface area contributed by atoms with Crippen molar-refractivity contribution in [2.75, 3.05) is 5.32 Å². The van der Waals surface area contributed by atoms with Gasteiger partial charge in [0.1, 0.15) is 0 Å². The third kappa shape index (κ3) is 2.72. The maximum Gasteiger partial charge on any atom is 0.0901 e. The zero-order valence-electron chi connectivity index (χ0n) is 11.7. The molecule has 0 bridgehead atoms. The zero-order chi connectivity index (χ0) is 13.3. The van der Waals surface area contributed by atoms with E-state index in [0.29, 0.717) is 0 Å². The lowest BCUT2D eigenvalue weighted by atomic mass is 10.1. The molecule has 1 atom stereocenters. The van der Waals surface area contributed by atoms with Gasteiger partial charge in [-0.2, -0.15) is 0 Å². The Labute approximate surface area is 113 Å². The van der Waals surface area contributed by atoms with E-state index in [2.05, 4.69) is 63.1 Å². The summed E-state index contributed by atoms with van der Waals surface area (Å²) in [6.07, 6.45) is 0.